The van der Waals surface area contributed by atoms with Gasteiger partial charge in [0.05, 0.1) is 6.42 Å². The number of hydrogen-bond acceptors (Lipinski definition) is 3. The van der Waals surface area contributed by atoms with E-state index in [1.165, 1.54) is 24.3 Å². The molecule has 126 valence electrons. The van der Waals surface area contributed by atoms with E-state index in [0.717, 1.165) is 5.56 Å². The van der Waals surface area contributed by atoms with Crippen molar-refractivity contribution in [3.05, 3.63) is 65.5 Å². The molecular weight excluding hydrogens is 309 g/mol. The first-order valence-electron chi connectivity index (χ1n) is 7.74. The van der Waals surface area contributed by atoms with E-state index < -0.39 is 11.9 Å². The zero-order valence-corrected chi connectivity index (χ0v) is 13.7. The SMILES string of the molecule is CC(C)c1ccccc1NC(=O)COC(=O)Cc1ccc(F)cc1. The highest BCUT2D eigenvalue weighted by Gasteiger charge is 2.12. The number of para-hydroxylation sites is 1. The fourth-order valence-electron chi connectivity index (χ4n) is 2.27. The molecule has 0 aliphatic carbocycles. The lowest BCUT2D eigenvalue weighted by atomic mass is 10.0. The third-order valence-corrected chi connectivity index (χ3v) is 3.48. The molecule has 0 radical (unpaired) electrons. The molecule has 0 saturated heterocycles. The van der Waals surface area contributed by atoms with E-state index in [9.17, 15) is 14.0 Å². The van der Waals surface area contributed by atoms with Crippen LogP contribution >= 0.6 is 0 Å². The van der Waals surface area contributed by atoms with Crippen LogP contribution in [0.15, 0.2) is 48.5 Å². The maximum absolute atomic E-state index is 12.8. The van der Waals surface area contributed by atoms with Gasteiger partial charge in [0.2, 0.25) is 0 Å². The Morgan fingerprint density at radius 2 is 1.75 bits per heavy atom. The largest absolute Gasteiger partial charge is 0.455 e. The average Bonchev–Trinajstić information content (AvgIpc) is 2.55. The molecule has 24 heavy (non-hydrogen) atoms. The van der Waals surface area contributed by atoms with Gasteiger partial charge in [0.15, 0.2) is 6.61 Å². The minimum absolute atomic E-state index is 0.00383. The maximum atomic E-state index is 12.8. The van der Waals surface area contributed by atoms with Gasteiger partial charge in [0.25, 0.3) is 5.91 Å². The van der Waals surface area contributed by atoms with Gasteiger partial charge in [0.1, 0.15) is 5.82 Å². The number of carbonyl (C=O) groups is 2. The first-order chi connectivity index (χ1) is 11.5. The number of benzene rings is 2. The van der Waals surface area contributed by atoms with Crippen LogP contribution in [0.3, 0.4) is 0 Å². The summed E-state index contributed by atoms with van der Waals surface area (Å²) in [5.74, 6) is -1.03. The minimum atomic E-state index is -0.533. The number of amides is 1. The molecule has 0 aliphatic heterocycles. The summed E-state index contributed by atoms with van der Waals surface area (Å²) in [4.78, 5) is 23.7. The fourth-order valence-corrected chi connectivity index (χ4v) is 2.27. The molecule has 0 fully saturated rings. The van der Waals surface area contributed by atoms with Crippen molar-refractivity contribution in [2.24, 2.45) is 0 Å². The summed E-state index contributed by atoms with van der Waals surface area (Å²) in [6.07, 6.45) is -0.00383. The van der Waals surface area contributed by atoms with Crippen LogP contribution in [0, 0.1) is 5.82 Å². The van der Waals surface area contributed by atoms with Gasteiger partial charge in [-0.2, -0.15) is 0 Å². The van der Waals surface area contributed by atoms with Crippen LogP contribution in [0.1, 0.15) is 30.9 Å². The van der Waals surface area contributed by atoms with Gasteiger partial charge in [-0.15, -0.1) is 0 Å². The van der Waals surface area contributed by atoms with E-state index >= 15 is 0 Å². The van der Waals surface area contributed by atoms with Gasteiger partial charge in [0, 0.05) is 5.69 Å². The molecule has 0 bridgehead atoms. The monoisotopic (exact) mass is 329 g/mol. The van der Waals surface area contributed by atoms with Crippen molar-refractivity contribution in [1.29, 1.82) is 0 Å². The highest BCUT2D eigenvalue weighted by atomic mass is 19.1. The second-order valence-electron chi connectivity index (χ2n) is 5.75. The summed E-state index contributed by atoms with van der Waals surface area (Å²) in [5, 5.41) is 2.75. The lowest BCUT2D eigenvalue weighted by molar-refractivity contribution is -0.146. The summed E-state index contributed by atoms with van der Waals surface area (Å²) in [6.45, 7) is 3.72. The van der Waals surface area contributed by atoms with Gasteiger partial charge in [-0.25, -0.2) is 4.39 Å². The van der Waals surface area contributed by atoms with Crippen LogP contribution in [0.5, 0.6) is 0 Å². The predicted octanol–water partition coefficient (Wildman–Crippen LogP) is 3.67. The van der Waals surface area contributed by atoms with Crippen molar-refractivity contribution in [2.45, 2.75) is 26.2 Å². The number of rotatable bonds is 6. The van der Waals surface area contributed by atoms with Crippen LogP contribution in [-0.4, -0.2) is 18.5 Å². The second-order valence-corrected chi connectivity index (χ2v) is 5.75. The second kappa shape index (κ2) is 8.24. The van der Waals surface area contributed by atoms with E-state index in [-0.39, 0.29) is 24.8 Å². The number of carbonyl (C=O) groups excluding carboxylic acids is 2. The first kappa shape index (κ1) is 17.7. The molecule has 2 rings (SSSR count). The summed E-state index contributed by atoms with van der Waals surface area (Å²) >= 11 is 0. The standard InChI is InChI=1S/C19H20FNO3/c1-13(2)16-5-3-4-6-17(16)21-18(22)12-24-19(23)11-14-7-9-15(20)10-8-14/h3-10,13H,11-12H2,1-2H3,(H,21,22). The van der Waals surface area contributed by atoms with Crippen LogP contribution in [0.25, 0.3) is 0 Å². The molecule has 0 unspecified atom stereocenters. The van der Waals surface area contributed by atoms with Crippen molar-refractivity contribution in [2.75, 3.05) is 11.9 Å². The highest BCUT2D eigenvalue weighted by Crippen LogP contribution is 2.23. The Morgan fingerprint density at radius 1 is 1.08 bits per heavy atom. The Hall–Kier alpha value is -2.69. The van der Waals surface area contributed by atoms with E-state index in [4.69, 9.17) is 4.74 Å². The Bertz CT molecular complexity index is 711. The number of hydrogen-bond donors (Lipinski definition) is 1. The van der Waals surface area contributed by atoms with Crippen molar-refractivity contribution in [3.8, 4) is 0 Å². The smallest absolute Gasteiger partial charge is 0.310 e. The topological polar surface area (TPSA) is 55.4 Å². The summed E-state index contributed by atoms with van der Waals surface area (Å²) < 4.78 is 17.8. The summed E-state index contributed by atoms with van der Waals surface area (Å²) in [7, 11) is 0. The van der Waals surface area contributed by atoms with E-state index in [1.54, 1.807) is 0 Å². The predicted molar refractivity (Wildman–Crippen MR) is 90.2 cm³/mol. The lowest BCUT2D eigenvalue weighted by Crippen LogP contribution is -2.22. The van der Waals surface area contributed by atoms with Crippen molar-refractivity contribution >= 4 is 17.6 Å². The quantitative estimate of drug-likeness (QED) is 0.823. The van der Waals surface area contributed by atoms with E-state index in [1.807, 2.05) is 38.1 Å². The van der Waals surface area contributed by atoms with Crippen molar-refractivity contribution < 1.29 is 18.7 Å². The maximum Gasteiger partial charge on any atom is 0.310 e. The Kier molecular flexibility index (Phi) is 6.07. The highest BCUT2D eigenvalue weighted by molar-refractivity contribution is 5.93. The molecule has 0 spiro atoms. The van der Waals surface area contributed by atoms with Crippen LogP contribution in [0.2, 0.25) is 0 Å². The fraction of sp³-hybridized carbons (Fsp3) is 0.263. The summed E-state index contributed by atoms with van der Waals surface area (Å²) in [6, 6.07) is 13.1. The number of anilines is 1. The number of halogens is 1. The molecule has 5 heteroatoms. The van der Waals surface area contributed by atoms with Crippen molar-refractivity contribution in [1.82, 2.24) is 0 Å². The zero-order chi connectivity index (χ0) is 17.5. The zero-order valence-electron chi connectivity index (χ0n) is 13.7. The Morgan fingerprint density at radius 3 is 2.42 bits per heavy atom. The molecular formula is C19H20FNO3. The van der Waals surface area contributed by atoms with Gasteiger partial charge < -0.3 is 10.1 Å². The van der Waals surface area contributed by atoms with Crippen molar-refractivity contribution in [3.63, 3.8) is 0 Å². The van der Waals surface area contributed by atoms with Crippen LogP contribution in [0.4, 0.5) is 10.1 Å². The molecule has 0 atom stereocenters. The number of ether oxygens (including phenoxy) is 1. The third kappa shape index (κ3) is 5.19. The number of esters is 1. The molecule has 0 saturated carbocycles. The minimum Gasteiger partial charge on any atom is -0.455 e. The summed E-state index contributed by atoms with van der Waals surface area (Å²) in [5.41, 5.74) is 2.36. The Balaban J connectivity index is 1.85. The molecule has 0 aliphatic rings. The molecule has 2 aromatic rings. The molecule has 1 N–H and O–H groups in total. The van der Waals surface area contributed by atoms with Gasteiger partial charge in [-0.1, -0.05) is 44.2 Å². The molecule has 0 heterocycles. The van der Waals surface area contributed by atoms with Crippen LogP contribution < -0.4 is 5.32 Å². The van der Waals surface area contributed by atoms with Gasteiger partial charge in [-0.3, -0.25) is 9.59 Å². The Labute approximate surface area is 140 Å². The van der Waals surface area contributed by atoms with Gasteiger partial charge >= 0.3 is 5.97 Å². The van der Waals surface area contributed by atoms with E-state index in [0.29, 0.717) is 11.3 Å². The van der Waals surface area contributed by atoms with Crippen LogP contribution in [-0.2, 0) is 20.7 Å². The normalized spacial score (nSPS) is 10.5. The average molecular weight is 329 g/mol. The molecule has 1 amide bonds. The molecule has 2 aromatic carbocycles. The first-order valence-corrected chi connectivity index (χ1v) is 7.74. The molecule has 4 nitrogen and oxygen atoms in total. The third-order valence-electron chi connectivity index (χ3n) is 3.48. The number of nitrogens with one attached hydrogen (secondary N) is 1. The lowest BCUT2D eigenvalue weighted by Gasteiger charge is -2.13. The molecule has 0 aromatic heterocycles. The van der Waals surface area contributed by atoms with E-state index in [2.05, 4.69) is 5.32 Å². The van der Waals surface area contributed by atoms with Gasteiger partial charge in [-0.05, 0) is 35.2 Å².